The molecule has 2 aliphatic heterocycles. The Bertz CT molecular complexity index is 356. The summed E-state index contributed by atoms with van der Waals surface area (Å²) in [4.78, 5) is 26.0. The van der Waals surface area contributed by atoms with Crippen LogP contribution in [0.5, 0.6) is 0 Å². The summed E-state index contributed by atoms with van der Waals surface area (Å²) in [6.07, 6.45) is 2.48. The SMILES string of the molecule is CC(C)(C)N1CC(C(=O)N[C@H]2CCCNC2)CC1=O. The predicted octanol–water partition coefficient (Wildman–Crippen LogP) is 0.502. The third kappa shape index (κ3) is 3.47. The van der Waals surface area contributed by atoms with Crippen LogP contribution in [0.1, 0.15) is 40.0 Å². The maximum absolute atomic E-state index is 12.2. The number of amides is 2. The predicted molar refractivity (Wildman–Crippen MR) is 73.6 cm³/mol. The maximum atomic E-state index is 12.2. The van der Waals surface area contributed by atoms with E-state index in [1.54, 1.807) is 0 Å². The van der Waals surface area contributed by atoms with E-state index in [-0.39, 0.29) is 29.3 Å². The molecule has 0 bridgehead atoms. The van der Waals surface area contributed by atoms with Crippen molar-refractivity contribution in [3.63, 3.8) is 0 Å². The molecule has 0 spiro atoms. The van der Waals surface area contributed by atoms with Crippen molar-refractivity contribution >= 4 is 11.8 Å². The van der Waals surface area contributed by atoms with Gasteiger partial charge in [0.25, 0.3) is 0 Å². The zero-order valence-electron chi connectivity index (χ0n) is 12.2. The Hall–Kier alpha value is -1.10. The van der Waals surface area contributed by atoms with Crippen LogP contribution in [0.25, 0.3) is 0 Å². The van der Waals surface area contributed by atoms with Crippen LogP contribution in [-0.2, 0) is 9.59 Å². The Kier molecular flexibility index (Phi) is 4.13. The fourth-order valence-corrected chi connectivity index (χ4v) is 2.83. The fraction of sp³-hybridized carbons (Fsp3) is 0.857. The Balaban J connectivity index is 1.89. The van der Waals surface area contributed by atoms with Crippen molar-refractivity contribution in [2.24, 2.45) is 5.92 Å². The number of nitrogens with one attached hydrogen (secondary N) is 2. The van der Waals surface area contributed by atoms with Crippen LogP contribution >= 0.6 is 0 Å². The number of hydrogen-bond donors (Lipinski definition) is 2. The molecule has 0 radical (unpaired) electrons. The summed E-state index contributed by atoms with van der Waals surface area (Å²) in [6.45, 7) is 8.46. The van der Waals surface area contributed by atoms with Crippen LogP contribution in [0, 0.1) is 5.92 Å². The first-order valence-corrected chi connectivity index (χ1v) is 7.19. The lowest BCUT2D eigenvalue weighted by molar-refractivity contribution is -0.132. The molecule has 0 aromatic carbocycles. The highest BCUT2D eigenvalue weighted by Gasteiger charge is 2.39. The van der Waals surface area contributed by atoms with Crippen molar-refractivity contribution in [3.8, 4) is 0 Å². The molecule has 19 heavy (non-hydrogen) atoms. The highest BCUT2D eigenvalue weighted by atomic mass is 16.2. The lowest BCUT2D eigenvalue weighted by Crippen LogP contribution is -2.48. The molecule has 2 amide bonds. The van der Waals surface area contributed by atoms with E-state index in [2.05, 4.69) is 10.6 Å². The van der Waals surface area contributed by atoms with Gasteiger partial charge in [0.1, 0.15) is 0 Å². The van der Waals surface area contributed by atoms with E-state index in [0.29, 0.717) is 13.0 Å². The van der Waals surface area contributed by atoms with Crippen molar-refractivity contribution in [1.82, 2.24) is 15.5 Å². The molecular weight excluding hydrogens is 242 g/mol. The number of likely N-dealkylation sites (tertiary alicyclic amines) is 1. The third-order valence-corrected chi connectivity index (χ3v) is 3.95. The van der Waals surface area contributed by atoms with E-state index in [1.807, 2.05) is 25.7 Å². The number of piperidine rings is 1. The molecule has 2 fully saturated rings. The van der Waals surface area contributed by atoms with Crippen LogP contribution in [-0.4, -0.2) is 47.9 Å². The van der Waals surface area contributed by atoms with Crippen molar-refractivity contribution in [1.29, 1.82) is 0 Å². The summed E-state index contributed by atoms with van der Waals surface area (Å²) in [6, 6.07) is 0.222. The van der Waals surface area contributed by atoms with Crippen molar-refractivity contribution < 1.29 is 9.59 Å². The monoisotopic (exact) mass is 267 g/mol. The van der Waals surface area contributed by atoms with E-state index in [0.717, 1.165) is 25.9 Å². The standard InChI is InChI=1S/C14H25N3O2/c1-14(2,3)17-9-10(7-12(17)18)13(19)16-11-5-4-6-15-8-11/h10-11,15H,4-9H2,1-3H3,(H,16,19)/t10?,11-/m0/s1. The molecule has 1 unspecified atom stereocenters. The minimum absolute atomic E-state index is 0.0359. The van der Waals surface area contributed by atoms with Gasteiger partial charge in [0.15, 0.2) is 0 Å². The van der Waals surface area contributed by atoms with Gasteiger partial charge < -0.3 is 15.5 Å². The summed E-state index contributed by atoms with van der Waals surface area (Å²) in [5, 5.41) is 6.35. The molecule has 2 atom stereocenters. The Morgan fingerprint density at radius 2 is 2.16 bits per heavy atom. The lowest BCUT2D eigenvalue weighted by atomic mass is 10.0. The van der Waals surface area contributed by atoms with Crippen molar-refractivity contribution in [2.75, 3.05) is 19.6 Å². The van der Waals surface area contributed by atoms with E-state index < -0.39 is 0 Å². The molecule has 2 aliphatic rings. The summed E-state index contributed by atoms with van der Waals surface area (Å²) in [5.74, 6) is -0.0585. The Morgan fingerprint density at radius 1 is 1.42 bits per heavy atom. The van der Waals surface area contributed by atoms with Gasteiger partial charge in [-0.05, 0) is 40.2 Å². The summed E-state index contributed by atoms with van der Waals surface area (Å²) in [7, 11) is 0. The molecule has 0 aliphatic carbocycles. The third-order valence-electron chi connectivity index (χ3n) is 3.95. The van der Waals surface area contributed by atoms with Gasteiger partial charge in [-0.2, -0.15) is 0 Å². The second-order valence-electron chi connectivity index (χ2n) is 6.63. The second kappa shape index (κ2) is 5.49. The van der Waals surface area contributed by atoms with Gasteiger partial charge >= 0.3 is 0 Å². The maximum Gasteiger partial charge on any atom is 0.225 e. The lowest BCUT2D eigenvalue weighted by Gasteiger charge is -2.32. The fourth-order valence-electron chi connectivity index (χ4n) is 2.83. The molecule has 0 aromatic rings. The van der Waals surface area contributed by atoms with Crippen LogP contribution in [0.3, 0.4) is 0 Å². The summed E-state index contributed by atoms with van der Waals surface area (Å²) >= 11 is 0. The highest BCUT2D eigenvalue weighted by Crippen LogP contribution is 2.26. The quantitative estimate of drug-likeness (QED) is 0.766. The number of carbonyl (C=O) groups excluding carboxylic acids is 2. The molecule has 0 saturated carbocycles. The van der Waals surface area contributed by atoms with Crippen LogP contribution in [0.2, 0.25) is 0 Å². The van der Waals surface area contributed by atoms with Crippen LogP contribution in [0.15, 0.2) is 0 Å². The number of carbonyl (C=O) groups is 2. The highest BCUT2D eigenvalue weighted by molar-refractivity contribution is 5.89. The van der Waals surface area contributed by atoms with Gasteiger partial charge in [0, 0.05) is 31.1 Å². The van der Waals surface area contributed by atoms with Gasteiger partial charge in [-0.25, -0.2) is 0 Å². The molecule has 2 saturated heterocycles. The first-order chi connectivity index (χ1) is 8.88. The van der Waals surface area contributed by atoms with Crippen LogP contribution < -0.4 is 10.6 Å². The van der Waals surface area contributed by atoms with Gasteiger partial charge in [-0.1, -0.05) is 0 Å². The zero-order chi connectivity index (χ0) is 14.0. The second-order valence-corrected chi connectivity index (χ2v) is 6.63. The number of rotatable bonds is 2. The molecule has 5 nitrogen and oxygen atoms in total. The summed E-state index contributed by atoms with van der Waals surface area (Å²) < 4.78 is 0. The minimum Gasteiger partial charge on any atom is -0.352 e. The number of hydrogen-bond acceptors (Lipinski definition) is 3. The molecule has 2 rings (SSSR count). The van der Waals surface area contributed by atoms with Gasteiger partial charge in [0.05, 0.1) is 5.92 Å². The largest absolute Gasteiger partial charge is 0.352 e. The van der Waals surface area contributed by atoms with E-state index >= 15 is 0 Å². The topological polar surface area (TPSA) is 61.4 Å². The van der Waals surface area contributed by atoms with E-state index in [9.17, 15) is 9.59 Å². The first kappa shape index (κ1) is 14.3. The van der Waals surface area contributed by atoms with Gasteiger partial charge in [-0.15, -0.1) is 0 Å². The molecule has 5 heteroatoms. The molecule has 108 valence electrons. The number of nitrogens with zero attached hydrogens (tertiary/aromatic N) is 1. The molecular formula is C14H25N3O2. The summed E-state index contributed by atoms with van der Waals surface area (Å²) in [5.41, 5.74) is -0.196. The van der Waals surface area contributed by atoms with Gasteiger partial charge in [0.2, 0.25) is 11.8 Å². The molecule has 2 heterocycles. The normalized spacial score (nSPS) is 28.6. The minimum atomic E-state index is -0.196. The average Bonchev–Trinajstić information content (AvgIpc) is 2.72. The van der Waals surface area contributed by atoms with Gasteiger partial charge in [-0.3, -0.25) is 9.59 Å². The Morgan fingerprint density at radius 3 is 2.68 bits per heavy atom. The average molecular weight is 267 g/mol. The first-order valence-electron chi connectivity index (χ1n) is 7.19. The van der Waals surface area contributed by atoms with Crippen LogP contribution in [0.4, 0.5) is 0 Å². The van der Waals surface area contributed by atoms with E-state index in [4.69, 9.17) is 0 Å². The van der Waals surface area contributed by atoms with E-state index in [1.165, 1.54) is 0 Å². The zero-order valence-corrected chi connectivity index (χ0v) is 12.2. The molecule has 2 N–H and O–H groups in total. The van der Waals surface area contributed by atoms with Crippen molar-refractivity contribution in [3.05, 3.63) is 0 Å². The Labute approximate surface area is 115 Å². The molecule has 0 aromatic heterocycles. The van der Waals surface area contributed by atoms with Crippen molar-refractivity contribution in [2.45, 2.75) is 51.6 Å². The smallest absolute Gasteiger partial charge is 0.225 e.